The summed E-state index contributed by atoms with van der Waals surface area (Å²) in [6, 6.07) is 21.1. The number of nitrogens with zero attached hydrogens (tertiary/aromatic N) is 1. The fraction of sp³-hybridized carbons (Fsp3) is 0.235. The molecule has 1 aromatic heterocycles. The van der Waals surface area contributed by atoms with Crippen molar-refractivity contribution in [3.8, 4) is 11.1 Å². The lowest BCUT2D eigenvalue weighted by Gasteiger charge is -2.29. The van der Waals surface area contributed by atoms with Crippen LogP contribution in [0.15, 0.2) is 72.8 Å². The van der Waals surface area contributed by atoms with Crippen molar-refractivity contribution >= 4 is 45.0 Å². The van der Waals surface area contributed by atoms with Crippen molar-refractivity contribution in [2.75, 3.05) is 37.3 Å². The molecule has 4 aromatic carbocycles. The molecule has 214 valence electrons. The molecule has 2 heterocycles. The molecule has 0 saturated carbocycles. The summed E-state index contributed by atoms with van der Waals surface area (Å²) in [7, 11) is 2.17. The number of carbonyl (C=O) groups excluding carboxylic acids is 2. The monoisotopic (exact) mass is 563 g/mol. The largest absolute Gasteiger partial charge is 0.385 e. The van der Waals surface area contributed by atoms with Crippen LogP contribution in [0.1, 0.15) is 39.1 Å². The van der Waals surface area contributed by atoms with Gasteiger partial charge in [0.05, 0.1) is 11.1 Å². The maximum atomic E-state index is 13.4. The first-order valence-corrected chi connectivity index (χ1v) is 14.3. The van der Waals surface area contributed by atoms with Gasteiger partial charge >= 0.3 is 0 Å². The number of nitrogens with two attached hydrogens (primary N) is 1. The van der Waals surface area contributed by atoms with Gasteiger partial charge in [0, 0.05) is 39.8 Å². The summed E-state index contributed by atoms with van der Waals surface area (Å²) in [6.07, 6.45) is 2.37. The third-order valence-corrected chi connectivity index (χ3v) is 8.43. The van der Waals surface area contributed by atoms with Gasteiger partial charge in [0.2, 0.25) is 0 Å². The van der Waals surface area contributed by atoms with Crippen LogP contribution in [-0.4, -0.2) is 48.4 Å². The number of aromatic nitrogens is 1. The van der Waals surface area contributed by atoms with Gasteiger partial charge in [0.1, 0.15) is 5.82 Å². The minimum absolute atomic E-state index is 0.322. The summed E-state index contributed by atoms with van der Waals surface area (Å²) in [4.78, 5) is 31.2. The number of primary amides is 1. The van der Waals surface area contributed by atoms with Crippen molar-refractivity contribution in [2.45, 2.75) is 19.8 Å². The number of hydrogen-bond acceptors (Lipinski definition) is 4. The van der Waals surface area contributed by atoms with Crippen LogP contribution in [0.25, 0.3) is 32.9 Å². The molecule has 0 atom stereocenters. The third kappa shape index (κ3) is 5.33. The Morgan fingerprint density at radius 1 is 1.00 bits per heavy atom. The van der Waals surface area contributed by atoms with Crippen LogP contribution in [-0.2, 0) is 0 Å². The van der Waals surface area contributed by atoms with Crippen LogP contribution in [0, 0.1) is 18.7 Å². The van der Waals surface area contributed by atoms with Gasteiger partial charge in [-0.25, -0.2) is 4.39 Å². The Kier molecular flexibility index (Phi) is 7.39. The average Bonchev–Trinajstić information content (AvgIpc) is 3.36. The van der Waals surface area contributed by atoms with E-state index in [1.807, 2.05) is 31.2 Å². The summed E-state index contributed by atoms with van der Waals surface area (Å²) >= 11 is 0. The van der Waals surface area contributed by atoms with E-state index in [1.54, 1.807) is 6.07 Å². The smallest absolute Gasteiger partial charge is 0.255 e. The fourth-order valence-corrected chi connectivity index (χ4v) is 5.94. The number of halogens is 1. The van der Waals surface area contributed by atoms with Gasteiger partial charge in [0.15, 0.2) is 0 Å². The molecule has 0 unspecified atom stereocenters. The number of anilines is 2. The van der Waals surface area contributed by atoms with Crippen LogP contribution in [0.3, 0.4) is 0 Å². The van der Waals surface area contributed by atoms with Gasteiger partial charge in [-0.2, -0.15) is 0 Å². The second kappa shape index (κ2) is 11.3. The number of fused-ring (bicyclic) bond motifs is 3. The second-order valence-electron chi connectivity index (χ2n) is 11.2. The molecule has 0 aliphatic carbocycles. The van der Waals surface area contributed by atoms with Crippen LogP contribution >= 0.6 is 0 Å². The van der Waals surface area contributed by atoms with Crippen molar-refractivity contribution in [3.05, 3.63) is 95.3 Å². The summed E-state index contributed by atoms with van der Waals surface area (Å²) in [6.45, 7) is 5.13. The van der Waals surface area contributed by atoms with Gasteiger partial charge in [0.25, 0.3) is 11.8 Å². The number of H-pyrrole nitrogens is 1. The van der Waals surface area contributed by atoms with Crippen LogP contribution in [0.2, 0.25) is 0 Å². The Bertz CT molecular complexity index is 1800. The predicted molar refractivity (Wildman–Crippen MR) is 168 cm³/mol. The summed E-state index contributed by atoms with van der Waals surface area (Å²) in [5.74, 6) is -0.578. The molecule has 1 saturated heterocycles. The Balaban J connectivity index is 1.37. The molecular formula is C34H34FN5O2. The van der Waals surface area contributed by atoms with E-state index >= 15 is 0 Å². The van der Waals surface area contributed by atoms with Gasteiger partial charge in [-0.3, -0.25) is 9.59 Å². The molecule has 7 nitrogen and oxygen atoms in total. The van der Waals surface area contributed by atoms with E-state index in [4.69, 9.17) is 5.73 Å². The van der Waals surface area contributed by atoms with Crippen LogP contribution in [0.4, 0.5) is 15.8 Å². The number of piperidine rings is 1. The number of nitrogens with one attached hydrogen (secondary N) is 3. The SMILES string of the molecule is Cc1c(NC(=O)c2ccc(F)cc2)cccc1-c1ccc(C(N)=O)c2[nH]c3cc(NCC4CCN(C)CC4)ccc3c12. The van der Waals surface area contributed by atoms with E-state index in [0.29, 0.717) is 28.2 Å². The van der Waals surface area contributed by atoms with Crippen molar-refractivity contribution < 1.29 is 14.0 Å². The van der Waals surface area contributed by atoms with Gasteiger partial charge in [-0.1, -0.05) is 24.3 Å². The van der Waals surface area contributed by atoms with E-state index in [2.05, 4.69) is 45.8 Å². The number of aromatic amines is 1. The lowest BCUT2D eigenvalue weighted by atomic mass is 9.93. The van der Waals surface area contributed by atoms with E-state index in [-0.39, 0.29) is 5.91 Å². The predicted octanol–water partition coefficient (Wildman–Crippen LogP) is 6.54. The Labute approximate surface area is 243 Å². The standard InChI is InChI=1S/C34H34FN5O2/c1-20-25(4-3-5-29(20)39-34(42)22-6-8-23(35)9-7-22)26-12-13-28(33(36)41)32-31(26)27-11-10-24(18-30(27)38-32)37-19-21-14-16-40(2)17-15-21/h3-13,18,21,37-38H,14-17,19H2,1-2H3,(H2,36,41)(H,39,42). The first-order valence-electron chi connectivity index (χ1n) is 14.3. The van der Waals surface area contributed by atoms with Crippen LogP contribution < -0.4 is 16.4 Å². The molecule has 0 spiro atoms. The lowest BCUT2D eigenvalue weighted by Crippen LogP contribution is -2.32. The molecule has 42 heavy (non-hydrogen) atoms. The number of benzene rings is 4. The molecule has 5 aromatic rings. The zero-order valence-corrected chi connectivity index (χ0v) is 23.8. The molecule has 1 aliphatic rings. The van der Waals surface area contributed by atoms with E-state index in [1.165, 1.54) is 37.1 Å². The normalized spacial score (nSPS) is 14.4. The highest BCUT2D eigenvalue weighted by Gasteiger charge is 2.20. The highest BCUT2D eigenvalue weighted by Crippen LogP contribution is 2.39. The molecular weight excluding hydrogens is 529 g/mol. The van der Waals surface area contributed by atoms with Crippen molar-refractivity contribution in [1.82, 2.24) is 9.88 Å². The van der Waals surface area contributed by atoms with Gasteiger partial charge in [-0.15, -0.1) is 0 Å². The van der Waals surface area contributed by atoms with Gasteiger partial charge in [-0.05, 0) is 111 Å². The topological polar surface area (TPSA) is 103 Å². The van der Waals surface area contributed by atoms with E-state index in [0.717, 1.165) is 58.3 Å². The molecule has 8 heteroatoms. The Hall–Kier alpha value is -4.69. The van der Waals surface area contributed by atoms with Gasteiger partial charge < -0.3 is 26.3 Å². The molecule has 2 amide bonds. The van der Waals surface area contributed by atoms with Crippen molar-refractivity contribution in [2.24, 2.45) is 11.7 Å². The first kappa shape index (κ1) is 27.5. The highest BCUT2D eigenvalue weighted by molar-refractivity contribution is 6.20. The molecule has 0 radical (unpaired) electrons. The summed E-state index contributed by atoms with van der Waals surface area (Å²) < 4.78 is 13.4. The third-order valence-electron chi connectivity index (χ3n) is 8.43. The maximum Gasteiger partial charge on any atom is 0.255 e. The number of amides is 2. The van der Waals surface area contributed by atoms with Crippen molar-refractivity contribution in [1.29, 1.82) is 0 Å². The molecule has 5 N–H and O–H groups in total. The number of rotatable bonds is 7. The zero-order chi connectivity index (χ0) is 29.4. The minimum Gasteiger partial charge on any atom is -0.385 e. The Morgan fingerprint density at radius 3 is 2.50 bits per heavy atom. The minimum atomic E-state index is -0.504. The zero-order valence-electron chi connectivity index (χ0n) is 23.8. The molecule has 6 rings (SSSR count). The average molecular weight is 564 g/mol. The second-order valence-corrected chi connectivity index (χ2v) is 11.2. The van der Waals surface area contributed by atoms with Crippen molar-refractivity contribution in [3.63, 3.8) is 0 Å². The van der Waals surface area contributed by atoms with E-state index < -0.39 is 11.7 Å². The number of likely N-dealkylation sites (tertiary alicyclic amines) is 1. The van der Waals surface area contributed by atoms with Crippen LogP contribution in [0.5, 0.6) is 0 Å². The quantitative estimate of drug-likeness (QED) is 0.181. The summed E-state index contributed by atoms with van der Waals surface area (Å²) in [5, 5.41) is 8.45. The number of carbonyl (C=O) groups is 2. The molecule has 1 aliphatic heterocycles. The summed E-state index contributed by atoms with van der Waals surface area (Å²) in [5.41, 5.74) is 12.5. The molecule has 1 fully saturated rings. The maximum absolute atomic E-state index is 13.4. The molecule has 0 bridgehead atoms. The van der Waals surface area contributed by atoms with E-state index in [9.17, 15) is 14.0 Å². The number of hydrogen-bond donors (Lipinski definition) is 4. The lowest BCUT2D eigenvalue weighted by molar-refractivity contribution is 0.0999. The first-order chi connectivity index (χ1) is 20.3. The Morgan fingerprint density at radius 2 is 1.76 bits per heavy atom. The highest BCUT2D eigenvalue weighted by atomic mass is 19.1. The fourth-order valence-electron chi connectivity index (χ4n) is 5.94.